The smallest absolute Gasteiger partial charge is 0.287 e. The Morgan fingerprint density at radius 3 is 2.80 bits per heavy atom. The highest BCUT2D eigenvalue weighted by molar-refractivity contribution is 5.91. The van der Waals surface area contributed by atoms with Crippen LogP contribution in [0.1, 0.15) is 36.2 Å². The highest BCUT2D eigenvalue weighted by atomic mass is 16.3. The minimum Gasteiger partial charge on any atom is -0.459 e. The van der Waals surface area contributed by atoms with Crippen LogP contribution in [-0.2, 0) is 4.79 Å². The van der Waals surface area contributed by atoms with Crippen LogP contribution in [0.25, 0.3) is 0 Å². The van der Waals surface area contributed by atoms with Gasteiger partial charge in [0.15, 0.2) is 5.76 Å². The van der Waals surface area contributed by atoms with Crippen molar-refractivity contribution in [1.82, 2.24) is 10.6 Å². The van der Waals surface area contributed by atoms with Gasteiger partial charge in [-0.3, -0.25) is 9.59 Å². The molecule has 0 saturated heterocycles. The van der Waals surface area contributed by atoms with Crippen molar-refractivity contribution in [3.05, 3.63) is 24.2 Å². The molecule has 0 aliphatic heterocycles. The molecular weight excluding hydrogens is 258 g/mol. The molecule has 0 aromatic carbocycles. The van der Waals surface area contributed by atoms with Gasteiger partial charge in [-0.15, -0.1) is 0 Å². The molecular formula is C14H21N3O3. The van der Waals surface area contributed by atoms with E-state index in [1.165, 1.54) is 6.26 Å². The molecule has 1 aromatic heterocycles. The van der Waals surface area contributed by atoms with Crippen molar-refractivity contribution in [3.8, 4) is 0 Å². The Hall–Kier alpha value is -1.82. The lowest BCUT2D eigenvalue weighted by Crippen LogP contribution is -2.40. The molecule has 1 aliphatic rings. The fraction of sp³-hybridized carbons (Fsp3) is 0.571. The number of carbonyl (C=O) groups excluding carboxylic acids is 2. The van der Waals surface area contributed by atoms with Crippen LogP contribution in [0.15, 0.2) is 22.8 Å². The third-order valence-corrected chi connectivity index (χ3v) is 3.54. The summed E-state index contributed by atoms with van der Waals surface area (Å²) in [5.74, 6) is 0.0467. The molecule has 2 amide bonds. The quantitative estimate of drug-likeness (QED) is 0.689. The van der Waals surface area contributed by atoms with Gasteiger partial charge in [0.05, 0.1) is 6.26 Å². The highest BCUT2D eigenvalue weighted by Gasteiger charge is 2.24. The lowest BCUT2D eigenvalue weighted by molar-refractivity contribution is -0.126. The van der Waals surface area contributed by atoms with Crippen LogP contribution in [0.3, 0.4) is 0 Å². The van der Waals surface area contributed by atoms with E-state index in [0.29, 0.717) is 13.1 Å². The van der Waals surface area contributed by atoms with Crippen LogP contribution in [0, 0.1) is 5.92 Å². The van der Waals surface area contributed by atoms with Crippen molar-refractivity contribution < 1.29 is 14.0 Å². The molecule has 1 saturated carbocycles. The predicted octanol–water partition coefficient (Wildman–Crippen LogP) is 0.643. The zero-order valence-corrected chi connectivity index (χ0v) is 11.4. The van der Waals surface area contributed by atoms with Gasteiger partial charge >= 0.3 is 0 Å². The molecule has 2 atom stereocenters. The largest absolute Gasteiger partial charge is 0.459 e. The van der Waals surface area contributed by atoms with E-state index in [2.05, 4.69) is 10.6 Å². The van der Waals surface area contributed by atoms with Gasteiger partial charge in [0.25, 0.3) is 5.91 Å². The normalized spacial score (nSPS) is 22.2. The van der Waals surface area contributed by atoms with Crippen molar-refractivity contribution in [2.24, 2.45) is 11.7 Å². The summed E-state index contributed by atoms with van der Waals surface area (Å²) in [6.45, 7) is 0.793. The third-order valence-electron chi connectivity index (χ3n) is 3.54. The maximum atomic E-state index is 11.9. The fourth-order valence-electron chi connectivity index (χ4n) is 2.47. The van der Waals surface area contributed by atoms with Gasteiger partial charge in [0.1, 0.15) is 0 Å². The summed E-state index contributed by atoms with van der Waals surface area (Å²) in [5, 5.41) is 5.51. The maximum Gasteiger partial charge on any atom is 0.287 e. The van der Waals surface area contributed by atoms with E-state index in [9.17, 15) is 9.59 Å². The van der Waals surface area contributed by atoms with Crippen LogP contribution in [0.4, 0.5) is 0 Å². The Morgan fingerprint density at radius 2 is 2.10 bits per heavy atom. The van der Waals surface area contributed by atoms with Crippen LogP contribution in [-0.4, -0.2) is 30.9 Å². The number of hydrogen-bond donors (Lipinski definition) is 3. The summed E-state index contributed by atoms with van der Waals surface area (Å²) in [6, 6.07) is 3.39. The van der Waals surface area contributed by atoms with Crippen molar-refractivity contribution in [2.45, 2.75) is 31.7 Å². The van der Waals surface area contributed by atoms with Crippen molar-refractivity contribution in [1.29, 1.82) is 0 Å². The number of carbonyl (C=O) groups is 2. The Kier molecular flexibility index (Phi) is 5.17. The summed E-state index contributed by atoms with van der Waals surface area (Å²) in [7, 11) is 0. The second-order valence-corrected chi connectivity index (χ2v) is 5.15. The zero-order valence-electron chi connectivity index (χ0n) is 11.4. The second kappa shape index (κ2) is 7.09. The van der Waals surface area contributed by atoms with Crippen molar-refractivity contribution in [3.63, 3.8) is 0 Å². The molecule has 110 valence electrons. The molecule has 2 rings (SSSR count). The molecule has 0 radical (unpaired) electrons. The number of nitrogens with two attached hydrogens (primary N) is 1. The molecule has 0 bridgehead atoms. The minimum atomic E-state index is -0.274. The van der Waals surface area contributed by atoms with Gasteiger partial charge < -0.3 is 20.8 Å². The average molecular weight is 279 g/mol. The fourth-order valence-corrected chi connectivity index (χ4v) is 2.47. The Morgan fingerprint density at radius 1 is 1.30 bits per heavy atom. The lowest BCUT2D eigenvalue weighted by Gasteiger charge is -2.25. The van der Waals surface area contributed by atoms with Gasteiger partial charge in [-0.1, -0.05) is 6.42 Å². The molecule has 20 heavy (non-hydrogen) atoms. The number of nitrogens with one attached hydrogen (secondary N) is 2. The third kappa shape index (κ3) is 4.09. The molecule has 6 nitrogen and oxygen atoms in total. The molecule has 1 aliphatic carbocycles. The molecule has 1 fully saturated rings. The lowest BCUT2D eigenvalue weighted by atomic mass is 9.85. The Labute approximate surface area is 118 Å². The number of furan rings is 1. The first kappa shape index (κ1) is 14.6. The van der Waals surface area contributed by atoms with E-state index < -0.39 is 0 Å². The molecule has 1 aromatic rings. The van der Waals surface area contributed by atoms with Gasteiger partial charge in [-0.2, -0.15) is 0 Å². The first-order chi connectivity index (χ1) is 9.66. The molecule has 6 heteroatoms. The zero-order chi connectivity index (χ0) is 14.4. The Balaban J connectivity index is 1.63. The molecule has 2 unspecified atom stereocenters. The van der Waals surface area contributed by atoms with Gasteiger partial charge in [-0.05, 0) is 31.4 Å². The summed E-state index contributed by atoms with van der Waals surface area (Å²) in [5.41, 5.74) is 5.86. The number of hydrogen-bond acceptors (Lipinski definition) is 4. The van der Waals surface area contributed by atoms with Crippen LogP contribution < -0.4 is 16.4 Å². The van der Waals surface area contributed by atoms with Crippen LogP contribution in [0.5, 0.6) is 0 Å². The van der Waals surface area contributed by atoms with Gasteiger partial charge in [-0.25, -0.2) is 0 Å². The predicted molar refractivity (Wildman–Crippen MR) is 74.0 cm³/mol. The van der Waals surface area contributed by atoms with Crippen LogP contribution in [0.2, 0.25) is 0 Å². The summed E-state index contributed by atoms with van der Waals surface area (Å²) in [4.78, 5) is 23.5. The number of rotatable bonds is 5. The first-order valence-corrected chi connectivity index (χ1v) is 7.02. The van der Waals surface area contributed by atoms with Crippen molar-refractivity contribution >= 4 is 11.8 Å². The number of amides is 2. The summed E-state index contributed by atoms with van der Waals surface area (Å²) < 4.78 is 4.97. The van der Waals surface area contributed by atoms with Gasteiger partial charge in [0.2, 0.25) is 5.91 Å². The average Bonchev–Trinajstić information content (AvgIpc) is 2.97. The molecule has 4 N–H and O–H groups in total. The highest BCUT2D eigenvalue weighted by Crippen LogP contribution is 2.22. The van der Waals surface area contributed by atoms with E-state index in [-0.39, 0.29) is 29.5 Å². The SMILES string of the molecule is NC1CCCC(C(=O)NCCNC(=O)c2ccco2)C1. The monoisotopic (exact) mass is 279 g/mol. The maximum absolute atomic E-state index is 11.9. The van der Waals surface area contributed by atoms with E-state index in [4.69, 9.17) is 10.2 Å². The van der Waals surface area contributed by atoms with Gasteiger partial charge in [0, 0.05) is 25.0 Å². The first-order valence-electron chi connectivity index (χ1n) is 7.02. The van der Waals surface area contributed by atoms with E-state index in [1.807, 2.05) is 0 Å². The van der Waals surface area contributed by atoms with E-state index in [1.54, 1.807) is 12.1 Å². The second-order valence-electron chi connectivity index (χ2n) is 5.15. The topological polar surface area (TPSA) is 97.4 Å². The molecule has 1 heterocycles. The minimum absolute atomic E-state index is 0.0134. The summed E-state index contributed by atoms with van der Waals surface area (Å²) in [6.07, 6.45) is 5.11. The summed E-state index contributed by atoms with van der Waals surface area (Å²) >= 11 is 0. The van der Waals surface area contributed by atoms with Crippen LogP contribution >= 0.6 is 0 Å². The standard InChI is InChI=1S/C14H21N3O3/c15-11-4-1-3-10(9-11)13(18)16-6-7-17-14(19)12-5-2-8-20-12/h2,5,8,10-11H,1,3-4,6-7,9,15H2,(H,16,18)(H,17,19). The van der Waals surface area contributed by atoms with Crippen molar-refractivity contribution in [2.75, 3.05) is 13.1 Å². The molecule has 0 spiro atoms. The van der Waals surface area contributed by atoms with E-state index >= 15 is 0 Å². The van der Waals surface area contributed by atoms with E-state index in [0.717, 1.165) is 25.7 Å². The Bertz CT molecular complexity index is 445.